The monoisotopic (exact) mass is 458 g/mol. The molecule has 0 atom stereocenters. The van der Waals surface area contributed by atoms with Gasteiger partial charge in [-0.15, -0.1) is 0 Å². The van der Waals surface area contributed by atoms with Gasteiger partial charge in [-0.25, -0.2) is 0 Å². The number of hydrogen-bond acceptors (Lipinski definition) is 7. The van der Waals surface area contributed by atoms with Crippen molar-refractivity contribution in [1.82, 2.24) is 10.3 Å². The van der Waals surface area contributed by atoms with Gasteiger partial charge in [-0.2, -0.15) is 5.26 Å². The molecule has 0 bridgehead atoms. The highest BCUT2D eigenvalue weighted by Crippen LogP contribution is 2.46. The molecule has 1 saturated carbocycles. The van der Waals surface area contributed by atoms with E-state index in [1.54, 1.807) is 18.2 Å². The van der Waals surface area contributed by atoms with Crippen LogP contribution in [0.2, 0.25) is 10.0 Å². The molecule has 31 heavy (non-hydrogen) atoms. The maximum atomic E-state index is 8.90. The Morgan fingerprint density at radius 1 is 1.10 bits per heavy atom. The largest absolute Gasteiger partial charge is 0.373 e. The Labute approximate surface area is 189 Å². The van der Waals surface area contributed by atoms with Crippen LogP contribution in [0.1, 0.15) is 48.7 Å². The lowest BCUT2D eigenvalue weighted by molar-refractivity contribution is 0.0245. The molecule has 1 aromatic carbocycles. The van der Waals surface area contributed by atoms with Crippen LogP contribution in [0.5, 0.6) is 0 Å². The minimum atomic E-state index is 0.107. The fourth-order valence-corrected chi connectivity index (χ4v) is 4.55. The molecule has 1 aliphatic carbocycles. The Morgan fingerprint density at radius 2 is 1.84 bits per heavy atom. The number of hydrogen-bond donors (Lipinski definition) is 0. The van der Waals surface area contributed by atoms with Gasteiger partial charge in [0.25, 0.3) is 0 Å². The van der Waals surface area contributed by atoms with Crippen molar-refractivity contribution in [2.75, 3.05) is 18.0 Å². The van der Waals surface area contributed by atoms with E-state index in [4.69, 9.17) is 42.2 Å². The van der Waals surface area contributed by atoms with E-state index in [-0.39, 0.29) is 11.9 Å². The molecule has 7 nitrogen and oxygen atoms in total. The quantitative estimate of drug-likeness (QED) is 0.476. The van der Waals surface area contributed by atoms with Gasteiger partial charge in [0.15, 0.2) is 5.82 Å². The molecule has 1 aliphatic heterocycles. The van der Waals surface area contributed by atoms with Gasteiger partial charge in [0, 0.05) is 36.2 Å². The molecule has 3 aromatic rings. The number of piperidine rings is 1. The summed E-state index contributed by atoms with van der Waals surface area (Å²) < 4.78 is 17.0. The molecule has 5 rings (SSSR count). The van der Waals surface area contributed by atoms with Crippen molar-refractivity contribution in [2.24, 2.45) is 0 Å². The average Bonchev–Trinajstić information content (AvgIpc) is 3.36. The van der Waals surface area contributed by atoms with Gasteiger partial charge in [0.2, 0.25) is 5.76 Å². The second kappa shape index (κ2) is 8.54. The molecule has 0 amide bonds. The van der Waals surface area contributed by atoms with Crippen LogP contribution >= 0.6 is 23.2 Å². The third kappa shape index (κ3) is 4.16. The number of nitriles is 1. The lowest BCUT2D eigenvalue weighted by Crippen LogP contribution is -2.37. The molecule has 2 aliphatic rings. The Kier molecular flexibility index (Phi) is 5.61. The van der Waals surface area contributed by atoms with Gasteiger partial charge in [-0.3, -0.25) is 0 Å². The van der Waals surface area contributed by atoms with Crippen molar-refractivity contribution in [2.45, 2.75) is 44.3 Å². The first-order valence-electron chi connectivity index (χ1n) is 10.3. The van der Waals surface area contributed by atoms with E-state index in [1.807, 2.05) is 12.1 Å². The van der Waals surface area contributed by atoms with Crippen LogP contribution in [0, 0.1) is 11.3 Å². The summed E-state index contributed by atoms with van der Waals surface area (Å²) in [5.74, 6) is 2.19. The number of anilines is 1. The van der Waals surface area contributed by atoms with Gasteiger partial charge < -0.3 is 18.7 Å². The van der Waals surface area contributed by atoms with Crippen molar-refractivity contribution >= 4 is 29.0 Å². The number of halogens is 2. The minimum Gasteiger partial charge on any atom is -0.373 e. The first-order valence-corrected chi connectivity index (χ1v) is 11.1. The fraction of sp³-hybridized carbons (Fsp3) is 0.409. The SMILES string of the molecule is N#Cc1cc(N2CCC(OCc3c(-c4c(Cl)cccc4Cl)noc3C3CC3)CC2)no1. The number of benzene rings is 1. The van der Waals surface area contributed by atoms with E-state index in [1.165, 1.54) is 0 Å². The van der Waals surface area contributed by atoms with Crippen molar-refractivity contribution in [1.29, 1.82) is 5.26 Å². The zero-order valence-corrected chi connectivity index (χ0v) is 18.2. The lowest BCUT2D eigenvalue weighted by Gasteiger charge is -2.31. The van der Waals surface area contributed by atoms with Gasteiger partial charge in [0.1, 0.15) is 17.5 Å². The Balaban J connectivity index is 1.29. The lowest BCUT2D eigenvalue weighted by atomic mass is 10.0. The van der Waals surface area contributed by atoms with Gasteiger partial charge in [-0.05, 0) is 37.8 Å². The molecular formula is C22H20Cl2N4O3. The van der Waals surface area contributed by atoms with Crippen LogP contribution in [0.15, 0.2) is 33.3 Å². The van der Waals surface area contributed by atoms with Crippen molar-refractivity contribution in [3.63, 3.8) is 0 Å². The van der Waals surface area contributed by atoms with Gasteiger partial charge in [0.05, 0.1) is 22.8 Å². The molecule has 9 heteroatoms. The molecule has 0 N–H and O–H groups in total. The molecule has 2 aromatic heterocycles. The van der Waals surface area contributed by atoms with Crippen molar-refractivity contribution in [3.8, 4) is 17.3 Å². The molecule has 0 spiro atoms. The Bertz CT molecular complexity index is 1100. The molecule has 3 heterocycles. The molecule has 2 fully saturated rings. The summed E-state index contributed by atoms with van der Waals surface area (Å²) in [6, 6.07) is 9.05. The van der Waals surface area contributed by atoms with Crippen LogP contribution in [0.25, 0.3) is 11.3 Å². The topological polar surface area (TPSA) is 88.3 Å². The number of aromatic nitrogens is 2. The number of rotatable bonds is 6. The summed E-state index contributed by atoms with van der Waals surface area (Å²) >= 11 is 12.9. The third-order valence-electron chi connectivity index (χ3n) is 5.80. The maximum absolute atomic E-state index is 8.90. The van der Waals surface area contributed by atoms with E-state index in [2.05, 4.69) is 15.2 Å². The van der Waals surface area contributed by atoms with E-state index < -0.39 is 0 Å². The third-order valence-corrected chi connectivity index (χ3v) is 6.43. The molecule has 160 valence electrons. The summed E-state index contributed by atoms with van der Waals surface area (Å²) in [6.07, 6.45) is 3.99. The predicted molar refractivity (Wildman–Crippen MR) is 115 cm³/mol. The normalized spacial score (nSPS) is 17.1. The van der Waals surface area contributed by atoms with Crippen LogP contribution in [0.4, 0.5) is 5.82 Å². The van der Waals surface area contributed by atoms with Crippen molar-refractivity contribution in [3.05, 3.63) is 51.4 Å². The summed E-state index contributed by atoms with van der Waals surface area (Å²) in [6.45, 7) is 1.97. The standard InChI is InChI=1S/C22H20Cl2N4O3/c23-17-2-1-3-18(24)20(17)21-16(22(31-27-21)13-4-5-13)12-29-14-6-8-28(9-7-14)19-10-15(11-25)30-26-19/h1-3,10,13-14H,4-9,12H2. The van der Waals surface area contributed by atoms with Gasteiger partial charge >= 0.3 is 0 Å². The number of ether oxygens (including phenoxy) is 1. The van der Waals surface area contributed by atoms with E-state index in [9.17, 15) is 0 Å². The maximum Gasteiger partial charge on any atom is 0.238 e. The summed E-state index contributed by atoms with van der Waals surface area (Å²) in [4.78, 5) is 2.11. The number of nitrogens with zero attached hydrogens (tertiary/aromatic N) is 4. The van der Waals surface area contributed by atoms with E-state index in [0.29, 0.717) is 39.6 Å². The van der Waals surface area contributed by atoms with Gasteiger partial charge in [-0.1, -0.05) is 39.6 Å². The fourth-order valence-electron chi connectivity index (χ4n) is 3.97. The summed E-state index contributed by atoms with van der Waals surface area (Å²) in [5, 5.41) is 18.3. The molecule has 0 unspecified atom stereocenters. The van der Waals surface area contributed by atoms with E-state index >= 15 is 0 Å². The highest BCUT2D eigenvalue weighted by molar-refractivity contribution is 6.39. The Hall–Kier alpha value is -2.53. The second-order valence-corrected chi connectivity index (χ2v) is 8.72. The highest BCUT2D eigenvalue weighted by Gasteiger charge is 2.34. The van der Waals surface area contributed by atoms with Crippen LogP contribution < -0.4 is 4.90 Å². The van der Waals surface area contributed by atoms with Crippen LogP contribution in [-0.4, -0.2) is 29.5 Å². The predicted octanol–water partition coefficient (Wildman–Crippen LogP) is 5.57. The zero-order chi connectivity index (χ0) is 21.4. The smallest absolute Gasteiger partial charge is 0.238 e. The molecular weight excluding hydrogens is 439 g/mol. The van der Waals surface area contributed by atoms with Crippen LogP contribution in [0.3, 0.4) is 0 Å². The van der Waals surface area contributed by atoms with Crippen molar-refractivity contribution < 1.29 is 13.8 Å². The zero-order valence-electron chi connectivity index (χ0n) is 16.7. The summed E-state index contributed by atoms with van der Waals surface area (Å²) in [5.41, 5.74) is 2.30. The Morgan fingerprint density at radius 3 is 2.48 bits per heavy atom. The molecule has 0 radical (unpaired) electrons. The highest BCUT2D eigenvalue weighted by atomic mass is 35.5. The first-order chi connectivity index (χ1) is 15.1. The van der Waals surface area contributed by atoms with Crippen LogP contribution in [-0.2, 0) is 11.3 Å². The van der Waals surface area contributed by atoms with E-state index in [0.717, 1.165) is 50.1 Å². The summed E-state index contributed by atoms with van der Waals surface area (Å²) in [7, 11) is 0. The average molecular weight is 459 g/mol. The second-order valence-electron chi connectivity index (χ2n) is 7.90. The molecule has 1 saturated heterocycles. The minimum absolute atomic E-state index is 0.107. The first kappa shape index (κ1) is 20.4.